The predicted molar refractivity (Wildman–Crippen MR) is 53.3 cm³/mol. The van der Waals surface area contributed by atoms with E-state index in [0.29, 0.717) is 0 Å². The van der Waals surface area contributed by atoms with Crippen LogP contribution in [0.5, 0.6) is 0 Å². The van der Waals surface area contributed by atoms with Crippen LogP contribution in [-0.2, 0) is 0 Å². The van der Waals surface area contributed by atoms with E-state index < -0.39 is 0 Å². The van der Waals surface area contributed by atoms with Gasteiger partial charge in [0, 0.05) is 5.54 Å². The molecule has 2 nitrogen and oxygen atoms in total. The Morgan fingerprint density at radius 3 is 1.92 bits per heavy atom. The van der Waals surface area contributed by atoms with E-state index in [1.54, 1.807) is 0 Å². The average molecular weight is 173 g/mol. The van der Waals surface area contributed by atoms with Gasteiger partial charge < -0.3 is 10.4 Å². The molecule has 1 unspecified atom stereocenters. The summed E-state index contributed by atoms with van der Waals surface area (Å²) >= 11 is 0. The summed E-state index contributed by atoms with van der Waals surface area (Å²) in [6, 6.07) is 0. The van der Waals surface area contributed by atoms with E-state index >= 15 is 0 Å². The monoisotopic (exact) mass is 173 g/mol. The molecule has 0 saturated carbocycles. The van der Waals surface area contributed by atoms with Crippen molar-refractivity contribution in [1.29, 1.82) is 0 Å². The van der Waals surface area contributed by atoms with Crippen molar-refractivity contribution in [2.24, 2.45) is 0 Å². The summed E-state index contributed by atoms with van der Waals surface area (Å²) in [5.41, 5.74) is -0.0521. The molecule has 0 aromatic carbocycles. The van der Waals surface area contributed by atoms with Crippen LogP contribution in [0.15, 0.2) is 0 Å². The maximum atomic E-state index is 9.84. The summed E-state index contributed by atoms with van der Waals surface area (Å²) in [6.07, 6.45) is 2.60. The Morgan fingerprint density at radius 2 is 1.67 bits per heavy atom. The van der Waals surface area contributed by atoms with Gasteiger partial charge in [-0.05, 0) is 25.8 Å². The molecule has 1 atom stereocenters. The first kappa shape index (κ1) is 11.9. The molecule has 0 aromatic rings. The highest BCUT2D eigenvalue weighted by atomic mass is 16.3. The van der Waals surface area contributed by atoms with Crippen LogP contribution in [0.25, 0.3) is 0 Å². The third kappa shape index (κ3) is 2.46. The van der Waals surface area contributed by atoms with Crippen LogP contribution in [0.1, 0.15) is 47.0 Å². The molecule has 12 heavy (non-hydrogen) atoms. The lowest BCUT2D eigenvalue weighted by Crippen LogP contribution is -2.53. The molecule has 2 heteroatoms. The van der Waals surface area contributed by atoms with E-state index in [9.17, 15) is 5.11 Å². The van der Waals surface area contributed by atoms with E-state index in [1.165, 1.54) is 0 Å². The summed E-state index contributed by atoms with van der Waals surface area (Å²) in [6.45, 7) is 9.30. The highest BCUT2D eigenvalue weighted by molar-refractivity contribution is 4.91. The van der Waals surface area contributed by atoms with Crippen LogP contribution >= 0.6 is 0 Å². The fraction of sp³-hybridized carbons (Fsp3) is 1.00. The Morgan fingerprint density at radius 1 is 1.17 bits per heavy atom. The van der Waals surface area contributed by atoms with Crippen molar-refractivity contribution < 1.29 is 5.11 Å². The fourth-order valence-corrected chi connectivity index (χ4v) is 1.83. The Bertz CT molecular complexity index is 110. The van der Waals surface area contributed by atoms with Gasteiger partial charge in [-0.1, -0.05) is 27.7 Å². The second-order valence-electron chi connectivity index (χ2n) is 3.32. The zero-order chi connectivity index (χ0) is 9.61. The molecule has 0 rings (SSSR count). The van der Waals surface area contributed by atoms with E-state index in [2.05, 4.69) is 26.1 Å². The summed E-state index contributed by atoms with van der Waals surface area (Å²) in [7, 11) is 0. The highest BCUT2D eigenvalue weighted by Crippen LogP contribution is 2.21. The Kier molecular flexibility index (Phi) is 5.51. The molecule has 2 N–H and O–H groups in total. The molecule has 0 aliphatic rings. The standard InChI is InChI=1S/C10H23NO/c1-5-9(12)10(6-2,7-3)11-8-4/h9,11-12H,5-8H2,1-4H3. The van der Waals surface area contributed by atoms with Gasteiger partial charge in [-0.2, -0.15) is 0 Å². The van der Waals surface area contributed by atoms with Gasteiger partial charge in [0.25, 0.3) is 0 Å². The number of hydrogen-bond donors (Lipinski definition) is 2. The second kappa shape index (κ2) is 5.55. The quantitative estimate of drug-likeness (QED) is 0.643. The number of aliphatic hydroxyl groups is 1. The van der Waals surface area contributed by atoms with Crippen molar-refractivity contribution in [2.75, 3.05) is 6.54 Å². The molecule has 0 spiro atoms. The van der Waals surface area contributed by atoms with Crippen molar-refractivity contribution >= 4 is 0 Å². The zero-order valence-electron chi connectivity index (χ0n) is 8.85. The maximum absolute atomic E-state index is 9.84. The minimum Gasteiger partial charge on any atom is -0.391 e. The number of aliphatic hydroxyl groups excluding tert-OH is 1. The van der Waals surface area contributed by atoms with Crippen molar-refractivity contribution in [1.82, 2.24) is 5.32 Å². The minimum absolute atomic E-state index is 0.0521. The Balaban J connectivity index is 4.33. The molecule has 0 saturated heterocycles. The normalized spacial score (nSPS) is 14.8. The Labute approximate surface area is 76.4 Å². The molecule has 0 fully saturated rings. The first-order valence-corrected chi connectivity index (χ1v) is 5.09. The largest absolute Gasteiger partial charge is 0.391 e. The van der Waals surface area contributed by atoms with Crippen LogP contribution in [0.3, 0.4) is 0 Å². The van der Waals surface area contributed by atoms with Gasteiger partial charge in [0.2, 0.25) is 0 Å². The summed E-state index contributed by atoms with van der Waals surface area (Å²) < 4.78 is 0. The minimum atomic E-state index is -0.215. The lowest BCUT2D eigenvalue weighted by atomic mass is 9.85. The van der Waals surface area contributed by atoms with Crippen LogP contribution in [0, 0.1) is 0 Å². The highest BCUT2D eigenvalue weighted by Gasteiger charge is 2.31. The van der Waals surface area contributed by atoms with E-state index in [0.717, 1.165) is 25.8 Å². The van der Waals surface area contributed by atoms with E-state index in [-0.39, 0.29) is 11.6 Å². The molecular formula is C10H23NO. The topological polar surface area (TPSA) is 32.3 Å². The van der Waals surface area contributed by atoms with Gasteiger partial charge in [0.05, 0.1) is 6.10 Å². The predicted octanol–water partition coefficient (Wildman–Crippen LogP) is 1.93. The van der Waals surface area contributed by atoms with Crippen LogP contribution in [0.2, 0.25) is 0 Å². The average Bonchev–Trinajstić information content (AvgIpc) is 2.13. The molecule has 0 aromatic heterocycles. The molecule has 0 bridgehead atoms. The van der Waals surface area contributed by atoms with Gasteiger partial charge >= 0.3 is 0 Å². The molecule has 74 valence electrons. The maximum Gasteiger partial charge on any atom is 0.0718 e. The van der Waals surface area contributed by atoms with E-state index in [1.807, 2.05) is 6.92 Å². The zero-order valence-corrected chi connectivity index (χ0v) is 8.85. The lowest BCUT2D eigenvalue weighted by molar-refractivity contribution is 0.0508. The third-order valence-corrected chi connectivity index (χ3v) is 2.82. The van der Waals surface area contributed by atoms with Crippen molar-refractivity contribution in [2.45, 2.75) is 58.6 Å². The smallest absolute Gasteiger partial charge is 0.0718 e. The number of nitrogens with one attached hydrogen (secondary N) is 1. The van der Waals surface area contributed by atoms with E-state index in [4.69, 9.17) is 0 Å². The summed E-state index contributed by atoms with van der Waals surface area (Å²) in [5, 5.41) is 13.2. The first-order chi connectivity index (χ1) is 5.66. The van der Waals surface area contributed by atoms with Gasteiger partial charge in [-0.15, -0.1) is 0 Å². The van der Waals surface area contributed by atoms with Gasteiger partial charge in [-0.3, -0.25) is 0 Å². The molecule has 0 heterocycles. The van der Waals surface area contributed by atoms with Gasteiger partial charge in [0.1, 0.15) is 0 Å². The fourth-order valence-electron chi connectivity index (χ4n) is 1.83. The Hall–Kier alpha value is -0.0800. The van der Waals surface area contributed by atoms with Gasteiger partial charge in [-0.25, -0.2) is 0 Å². The molecular weight excluding hydrogens is 150 g/mol. The molecule has 0 aliphatic carbocycles. The number of rotatable bonds is 6. The number of likely N-dealkylation sites (N-methyl/N-ethyl adjacent to an activating group) is 1. The second-order valence-corrected chi connectivity index (χ2v) is 3.32. The van der Waals surface area contributed by atoms with Crippen molar-refractivity contribution in [3.8, 4) is 0 Å². The molecule has 0 radical (unpaired) electrons. The molecule has 0 amide bonds. The van der Waals surface area contributed by atoms with Gasteiger partial charge in [0.15, 0.2) is 0 Å². The summed E-state index contributed by atoms with van der Waals surface area (Å²) in [5.74, 6) is 0. The first-order valence-electron chi connectivity index (χ1n) is 5.09. The SMILES string of the molecule is CCNC(CC)(CC)C(O)CC. The van der Waals surface area contributed by atoms with Crippen molar-refractivity contribution in [3.63, 3.8) is 0 Å². The molecule has 0 aliphatic heterocycles. The summed E-state index contributed by atoms with van der Waals surface area (Å²) in [4.78, 5) is 0. The number of hydrogen-bond acceptors (Lipinski definition) is 2. The van der Waals surface area contributed by atoms with Crippen LogP contribution in [0.4, 0.5) is 0 Å². The third-order valence-electron chi connectivity index (χ3n) is 2.82. The van der Waals surface area contributed by atoms with Crippen LogP contribution in [-0.4, -0.2) is 23.3 Å². The van der Waals surface area contributed by atoms with Crippen molar-refractivity contribution in [3.05, 3.63) is 0 Å². The van der Waals surface area contributed by atoms with Crippen LogP contribution < -0.4 is 5.32 Å². The lowest BCUT2D eigenvalue weighted by Gasteiger charge is -2.37.